The van der Waals surface area contributed by atoms with Crippen LogP contribution in [-0.2, 0) is 27.8 Å². The number of amides is 1. The van der Waals surface area contributed by atoms with E-state index < -0.39 is 0 Å². The van der Waals surface area contributed by atoms with Crippen LogP contribution in [0.25, 0.3) is 22.5 Å². The molecule has 7 nitrogen and oxygen atoms in total. The number of fused-ring (bicyclic) bond motifs is 5. The first-order valence-corrected chi connectivity index (χ1v) is 10.1. The molecule has 156 valence electrons. The predicted molar refractivity (Wildman–Crippen MR) is 115 cm³/mol. The summed E-state index contributed by atoms with van der Waals surface area (Å²) in [6.45, 7) is 4.35. The van der Waals surface area contributed by atoms with E-state index in [0.29, 0.717) is 38.7 Å². The maximum Gasteiger partial charge on any atom is 0.229 e. The molecule has 0 spiro atoms. The van der Waals surface area contributed by atoms with E-state index in [-0.39, 0.29) is 19.4 Å². The molecule has 2 heterocycles. The minimum Gasteiger partial charge on any atom is -0.379 e. The molecule has 1 aromatic heterocycles. The van der Waals surface area contributed by atoms with Crippen molar-refractivity contribution < 1.29 is 15.6 Å². The molecule has 0 fully saturated rings. The number of nitrogens with zero attached hydrogens (tertiary/aromatic N) is 4. The topological polar surface area (TPSA) is 69.5 Å². The summed E-state index contributed by atoms with van der Waals surface area (Å²) in [5, 5.41) is 8.58. The van der Waals surface area contributed by atoms with E-state index in [9.17, 15) is 4.79 Å². The SMILES string of the molecule is [2H]Cn1nnc2c1-c1ccccc1CN(C(=O)CCOCCOCC)c1ccccc1-2. The molecule has 0 radical (unpaired) electrons. The Morgan fingerprint density at radius 3 is 2.67 bits per heavy atom. The van der Waals surface area contributed by atoms with Crippen molar-refractivity contribution in [3.63, 3.8) is 0 Å². The fraction of sp³-hybridized carbons (Fsp3) is 0.348. The molecule has 0 N–H and O–H groups in total. The Kier molecular flexibility index (Phi) is 5.81. The van der Waals surface area contributed by atoms with Crippen LogP contribution in [0.5, 0.6) is 0 Å². The van der Waals surface area contributed by atoms with E-state index in [1.807, 2.05) is 55.5 Å². The molecule has 0 bridgehead atoms. The second-order valence-corrected chi connectivity index (χ2v) is 7.00. The first-order valence-electron chi connectivity index (χ1n) is 10.8. The van der Waals surface area contributed by atoms with Crippen molar-refractivity contribution in [2.75, 3.05) is 31.3 Å². The minimum absolute atomic E-state index is 0.0185. The number of ether oxygens (including phenoxy) is 2. The van der Waals surface area contributed by atoms with Gasteiger partial charge in [-0.1, -0.05) is 47.7 Å². The average Bonchev–Trinajstić information content (AvgIpc) is 3.22. The van der Waals surface area contributed by atoms with Gasteiger partial charge in [0.25, 0.3) is 0 Å². The lowest BCUT2D eigenvalue weighted by Crippen LogP contribution is -2.32. The number of anilines is 1. The summed E-state index contributed by atoms with van der Waals surface area (Å²) in [6.07, 6.45) is 0.273. The summed E-state index contributed by atoms with van der Waals surface area (Å²) in [7, 11) is -0.0272. The normalized spacial score (nSPS) is 13.0. The Balaban J connectivity index is 1.69. The summed E-state index contributed by atoms with van der Waals surface area (Å²) in [6, 6.07) is 15.6. The molecule has 3 aromatic rings. The third kappa shape index (κ3) is 3.99. The largest absolute Gasteiger partial charge is 0.379 e. The maximum atomic E-state index is 13.2. The van der Waals surface area contributed by atoms with Gasteiger partial charge in [0.15, 0.2) is 0 Å². The van der Waals surface area contributed by atoms with Gasteiger partial charge in [-0.05, 0) is 18.6 Å². The highest BCUT2D eigenvalue weighted by Crippen LogP contribution is 2.40. The molecule has 2 aromatic carbocycles. The molecule has 0 aliphatic carbocycles. The van der Waals surface area contributed by atoms with Crippen LogP contribution < -0.4 is 4.90 Å². The maximum absolute atomic E-state index is 13.2. The van der Waals surface area contributed by atoms with E-state index in [4.69, 9.17) is 10.8 Å². The second kappa shape index (κ2) is 9.19. The van der Waals surface area contributed by atoms with E-state index in [0.717, 1.165) is 28.1 Å². The zero-order chi connectivity index (χ0) is 21.6. The van der Waals surface area contributed by atoms with E-state index in [1.165, 1.54) is 0 Å². The monoisotopic (exact) mass is 407 g/mol. The summed E-state index contributed by atoms with van der Waals surface area (Å²) in [4.78, 5) is 15.0. The molecule has 7 heteroatoms. The Morgan fingerprint density at radius 1 is 1.07 bits per heavy atom. The summed E-state index contributed by atoms with van der Waals surface area (Å²) >= 11 is 0. The van der Waals surface area contributed by atoms with E-state index in [2.05, 4.69) is 10.3 Å². The van der Waals surface area contributed by atoms with Crippen LogP contribution in [-0.4, -0.2) is 47.3 Å². The molecular formula is C23H26N4O3. The Bertz CT molecular complexity index is 1050. The van der Waals surface area contributed by atoms with Crippen molar-refractivity contribution in [2.24, 2.45) is 7.02 Å². The van der Waals surface area contributed by atoms with Crippen molar-refractivity contribution in [3.05, 3.63) is 54.1 Å². The molecule has 1 aliphatic rings. The van der Waals surface area contributed by atoms with E-state index >= 15 is 0 Å². The Hall–Kier alpha value is -3.03. The number of para-hydroxylation sites is 1. The Morgan fingerprint density at radius 2 is 1.83 bits per heavy atom. The van der Waals surface area contributed by atoms with Gasteiger partial charge in [-0.2, -0.15) is 0 Å². The highest BCUT2D eigenvalue weighted by Gasteiger charge is 2.28. The number of carbonyl (C=O) groups is 1. The molecule has 0 saturated heterocycles. The lowest BCUT2D eigenvalue weighted by molar-refractivity contribution is -0.120. The highest BCUT2D eigenvalue weighted by molar-refractivity contribution is 6.00. The first-order chi connectivity index (χ1) is 15.2. The highest BCUT2D eigenvalue weighted by atomic mass is 16.5. The second-order valence-electron chi connectivity index (χ2n) is 7.00. The van der Waals surface area contributed by atoms with Gasteiger partial charge in [-0.15, -0.1) is 5.10 Å². The third-order valence-electron chi connectivity index (χ3n) is 5.12. The molecule has 1 aliphatic heterocycles. The fourth-order valence-electron chi connectivity index (χ4n) is 3.70. The first kappa shape index (κ1) is 19.0. The van der Waals surface area contributed by atoms with Crippen molar-refractivity contribution in [2.45, 2.75) is 19.9 Å². The number of rotatable bonds is 7. The van der Waals surface area contributed by atoms with Gasteiger partial charge >= 0.3 is 0 Å². The summed E-state index contributed by atoms with van der Waals surface area (Å²) in [5.41, 5.74) is 5.04. The molecular weight excluding hydrogens is 380 g/mol. The number of carbonyl (C=O) groups excluding carboxylic acids is 1. The van der Waals surface area contributed by atoms with Crippen LogP contribution in [0.15, 0.2) is 48.5 Å². The van der Waals surface area contributed by atoms with Crippen molar-refractivity contribution in [1.82, 2.24) is 15.0 Å². The number of benzene rings is 2. The van der Waals surface area contributed by atoms with Crippen LogP contribution >= 0.6 is 0 Å². The average molecular weight is 407 g/mol. The molecule has 0 unspecified atom stereocenters. The lowest BCUT2D eigenvalue weighted by atomic mass is 9.95. The van der Waals surface area contributed by atoms with Gasteiger partial charge in [0.05, 0.1) is 44.2 Å². The van der Waals surface area contributed by atoms with Gasteiger partial charge in [0.1, 0.15) is 5.69 Å². The van der Waals surface area contributed by atoms with Crippen molar-refractivity contribution in [1.29, 1.82) is 0 Å². The molecule has 30 heavy (non-hydrogen) atoms. The Labute approximate surface area is 177 Å². The lowest BCUT2D eigenvalue weighted by Gasteiger charge is -2.28. The number of hydrogen-bond acceptors (Lipinski definition) is 5. The van der Waals surface area contributed by atoms with Gasteiger partial charge in [-0.3, -0.25) is 4.79 Å². The van der Waals surface area contributed by atoms with Crippen LogP contribution in [0.2, 0.25) is 0 Å². The van der Waals surface area contributed by atoms with Crippen LogP contribution in [0.4, 0.5) is 5.69 Å². The van der Waals surface area contributed by atoms with Gasteiger partial charge < -0.3 is 14.4 Å². The fourth-order valence-corrected chi connectivity index (χ4v) is 3.70. The van der Waals surface area contributed by atoms with Crippen LogP contribution in [0.3, 0.4) is 0 Å². The minimum atomic E-state index is -0.0272. The number of aromatic nitrogens is 3. The standard InChI is InChI=1S/C23H26N4O3/c1-3-29-14-15-30-13-12-21(28)27-16-17-8-4-5-9-18(17)23-22(24-25-26(23)2)19-10-6-7-11-20(19)27/h4-11H,3,12-16H2,1-2H3/i2D. The van der Waals surface area contributed by atoms with Crippen molar-refractivity contribution in [3.8, 4) is 22.5 Å². The summed E-state index contributed by atoms with van der Waals surface area (Å²) in [5.74, 6) is -0.0185. The number of aryl methyl sites for hydroxylation is 1. The molecule has 0 atom stereocenters. The van der Waals surface area contributed by atoms with Gasteiger partial charge in [0, 0.05) is 26.1 Å². The quantitative estimate of drug-likeness (QED) is 0.561. The van der Waals surface area contributed by atoms with Gasteiger partial charge in [-0.25, -0.2) is 4.68 Å². The van der Waals surface area contributed by atoms with Gasteiger partial charge in [0.2, 0.25) is 5.91 Å². The third-order valence-corrected chi connectivity index (χ3v) is 5.12. The van der Waals surface area contributed by atoms with Crippen LogP contribution in [0, 0.1) is 0 Å². The summed E-state index contributed by atoms with van der Waals surface area (Å²) < 4.78 is 20.3. The zero-order valence-corrected chi connectivity index (χ0v) is 17.1. The predicted octanol–water partition coefficient (Wildman–Crippen LogP) is 3.44. The zero-order valence-electron chi connectivity index (χ0n) is 18.1. The van der Waals surface area contributed by atoms with Crippen LogP contribution in [0.1, 0.15) is 20.3 Å². The number of hydrogen-bond donors (Lipinski definition) is 0. The smallest absolute Gasteiger partial charge is 0.229 e. The molecule has 4 rings (SSSR count). The van der Waals surface area contributed by atoms with Crippen molar-refractivity contribution >= 4 is 11.6 Å². The van der Waals surface area contributed by atoms with E-state index in [1.54, 1.807) is 9.58 Å². The molecule has 1 amide bonds. The molecule has 0 saturated carbocycles.